The van der Waals surface area contributed by atoms with Crippen LogP contribution in [0, 0.1) is 0 Å². The molecule has 0 saturated carbocycles. The van der Waals surface area contributed by atoms with Crippen molar-refractivity contribution < 1.29 is 13.2 Å². The Kier molecular flexibility index (Phi) is 5.24. The molecule has 0 radical (unpaired) electrons. The number of nitrogens with zero attached hydrogens (tertiary/aromatic N) is 1. The average molecular weight is 331 g/mol. The molecular weight excluding hydrogens is 312 g/mol. The summed E-state index contributed by atoms with van der Waals surface area (Å²) in [6.45, 7) is 2.80. The molecule has 1 aromatic carbocycles. The van der Waals surface area contributed by atoms with Crippen molar-refractivity contribution in [3.8, 4) is 0 Å². The summed E-state index contributed by atoms with van der Waals surface area (Å²) in [6, 6.07) is 6.57. The van der Waals surface area contributed by atoms with Crippen LogP contribution in [0.25, 0.3) is 0 Å². The summed E-state index contributed by atoms with van der Waals surface area (Å²) in [5.74, 6) is 0.157. The van der Waals surface area contributed by atoms with E-state index in [9.17, 15) is 13.2 Å². The van der Waals surface area contributed by atoms with Crippen LogP contribution in [-0.2, 0) is 14.6 Å². The van der Waals surface area contributed by atoms with Crippen LogP contribution in [0.1, 0.15) is 13.3 Å². The highest BCUT2D eigenvalue weighted by Gasteiger charge is 2.26. The van der Waals surface area contributed by atoms with E-state index in [1.165, 1.54) is 0 Å². The van der Waals surface area contributed by atoms with Crippen molar-refractivity contribution in [2.45, 2.75) is 19.4 Å². The van der Waals surface area contributed by atoms with Crippen molar-refractivity contribution in [3.05, 3.63) is 29.3 Å². The summed E-state index contributed by atoms with van der Waals surface area (Å²) in [4.78, 5) is 14.2. The fourth-order valence-electron chi connectivity index (χ4n) is 2.32. The predicted octanol–water partition coefficient (Wildman–Crippen LogP) is 1.79. The number of halogens is 1. The van der Waals surface area contributed by atoms with Crippen molar-refractivity contribution >= 4 is 33.0 Å². The minimum atomic E-state index is -2.97. The van der Waals surface area contributed by atoms with Crippen LogP contribution >= 0.6 is 11.6 Å². The number of carbonyl (C=O) groups is 1. The van der Waals surface area contributed by atoms with Gasteiger partial charge in [-0.1, -0.05) is 17.7 Å². The highest BCUT2D eigenvalue weighted by atomic mass is 35.5. The van der Waals surface area contributed by atoms with Gasteiger partial charge in [0.2, 0.25) is 5.91 Å². The molecule has 1 amide bonds. The summed E-state index contributed by atoms with van der Waals surface area (Å²) in [7, 11) is -2.97. The fourth-order valence-corrected chi connectivity index (χ4v) is 3.80. The second kappa shape index (κ2) is 6.77. The molecule has 1 fully saturated rings. The quantitative estimate of drug-likeness (QED) is 0.917. The Morgan fingerprint density at radius 2 is 2.10 bits per heavy atom. The van der Waals surface area contributed by atoms with E-state index < -0.39 is 9.84 Å². The normalized spacial score (nSPS) is 20.5. The van der Waals surface area contributed by atoms with Gasteiger partial charge in [0.25, 0.3) is 0 Å². The van der Waals surface area contributed by atoms with Crippen molar-refractivity contribution in [2.24, 2.45) is 0 Å². The fraction of sp³-hybridized carbons (Fsp3) is 0.500. The van der Waals surface area contributed by atoms with Gasteiger partial charge >= 0.3 is 0 Å². The molecule has 1 heterocycles. The molecule has 1 saturated heterocycles. The molecule has 0 spiro atoms. The average Bonchev–Trinajstić information content (AvgIpc) is 2.59. The Morgan fingerprint density at radius 1 is 1.33 bits per heavy atom. The number of anilines is 1. The zero-order chi connectivity index (χ0) is 15.5. The van der Waals surface area contributed by atoms with Crippen LogP contribution in [-0.4, -0.2) is 49.9 Å². The minimum absolute atomic E-state index is 0.113. The Bertz CT molecular complexity index is 618. The van der Waals surface area contributed by atoms with E-state index in [-0.39, 0.29) is 23.5 Å². The second-order valence-corrected chi connectivity index (χ2v) is 7.96. The molecule has 2 rings (SSSR count). The molecule has 21 heavy (non-hydrogen) atoms. The van der Waals surface area contributed by atoms with Crippen molar-refractivity contribution in [1.82, 2.24) is 4.90 Å². The van der Waals surface area contributed by atoms with E-state index in [0.717, 1.165) is 0 Å². The summed E-state index contributed by atoms with van der Waals surface area (Å²) in [5.41, 5.74) is 0.641. The first-order valence-electron chi connectivity index (χ1n) is 6.88. The second-order valence-electron chi connectivity index (χ2n) is 5.22. The standard InChI is InChI=1S/C14H19ClN2O3S/c1-11(17-6-3-8-21(19,20)9-7-17)14(18)16-13-5-2-4-12(15)10-13/h2,4-5,10-11H,3,6-9H2,1H3,(H,16,18)/t11-/m0/s1. The molecule has 0 unspecified atom stereocenters. The van der Waals surface area contributed by atoms with Crippen LogP contribution in [0.5, 0.6) is 0 Å². The molecule has 0 bridgehead atoms. The summed E-state index contributed by atoms with van der Waals surface area (Å²) in [6.07, 6.45) is 0.567. The number of nitrogens with one attached hydrogen (secondary N) is 1. The first-order valence-corrected chi connectivity index (χ1v) is 9.08. The maximum absolute atomic E-state index is 12.3. The van der Waals surface area contributed by atoms with Gasteiger partial charge in [-0.15, -0.1) is 0 Å². The van der Waals surface area contributed by atoms with Crippen molar-refractivity contribution in [1.29, 1.82) is 0 Å². The molecule has 1 N–H and O–H groups in total. The van der Waals surface area contributed by atoms with Crippen LogP contribution < -0.4 is 5.32 Å². The molecule has 1 aliphatic rings. The number of amides is 1. The van der Waals surface area contributed by atoms with Gasteiger partial charge in [0.05, 0.1) is 17.5 Å². The Labute approximate surface area is 130 Å². The van der Waals surface area contributed by atoms with E-state index >= 15 is 0 Å². The largest absolute Gasteiger partial charge is 0.325 e. The molecule has 0 aromatic heterocycles. The monoisotopic (exact) mass is 330 g/mol. The summed E-state index contributed by atoms with van der Waals surface area (Å²) < 4.78 is 23.2. The number of hydrogen-bond donors (Lipinski definition) is 1. The molecular formula is C14H19ClN2O3S. The third-order valence-corrected chi connectivity index (χ3v) is 5.56. The van der Waals surface area contributed by atoms with E-state index in [1.54, 1.807) is 31.2 Å². The van der Waals surface area contributed by atoms with Gasteiger partial charge in [-0.2, -0.15) is 0 Å². The summed E-state index contributed by atoms with van der Waals surface area (Å²) in [5, 5.41) is 3.36. The molecule has 7 heteroatoms. The van der Waals surface area contributed by atoms with Crippen LogP contribution in [0.15, 0.2) is 24.3 Å². The van der Waals surface area contributed by atoms with Crippen LogP contribution in [0.3, 0.4) is 0 Å². The van der Waals surface area contributed by atoms with Crippen molar-refractivity contribution in [3.63, 3.8) is 0 Å². The first kappa shape index (κ1) is 16.3. The molecule has 5 nitrogen and oxygen atoms in total. The topological polar surface area (TPSA) is 66.5 Å². The number of benzene rings is 1. The lowest BCUT2D eigenvalue weighted by Crippen LogP contribution is -2.43. The Hall–Kier alpha value is -1.11. The van der Waals surface area contributed by atoms with Crippen molar-refractivity contribution in [2.75, 3.05) is 29.9 Å². The SMILES string of the molecule is C[C@@H](C(=O)Nc1cccc(Cl)c1)N1CCCS(=O)(=O)CC1. The van der Waals surface area contributed by atoms with Gasteiger partial charge in [-0.05, 0) is 38.1 Å². The molecule has 1 atom stereocenters. The Morgan fingerprint density at radius 3 is 2.81 bits per heavy atom. The maximum atomic E-state index is 12.3. The number of rotatable bonds is 3. The van der Waals surface area contributed by atoms with Gasteiger partial charge in [0.15, 0.2) is 9.84 Å². The smallest absolute Gasteiger partial charge is 0.241 e. The van der Waals surface area contributed by atoms with Gasteiger partial charge < -0.3 is 5.32 Å². The first-order chi connectivity index (χ1) is 9.87. The predicted molar refractivity (Wildman–Crippen MR) is 84.4 cm³/mol. The zero-order valence-corrected chi connectivity index (χ0v) is 13.5. The third kappa shape index (κ3) is 4.69. The lowest BCUT2D eigenvalue weighted by molar-refractivity contribution is -0.120. The lowest BCUT2D eigenvalue weighted by atomic mass is 10.2. The summed E-state index contributed by atoms with van der Waals surface area (Å²) >= 11 is 5.88. The molecule has 1 aliphatic heterocycles. The number of sulfone groups is 1. The number of carbonyl (C=O) groups excluding carboxylic acids is 1. The van der Waals surface area contributed by atoms with E-state index in [1.807, 2.05) is 4.90 Å². The highest BCUT2D eigenvalue weighted by Crippen LogP contribution is 2.16. The van der Waals surface area contributed by atoms with Gasteiger partial charge in [0.1, 0.15) is 0 Å². The molecule has 0 aliphatic carbocycles. The van der Waals surface area contributed by atoms with Gasteiger partial charge in [-0.3, -0.25) is 9.69 Å². The van der Waals surface area contributed by atoms with Crippen LogP contribution in [0.4, 0.5) is 5.69 Å². The highest BCUT2D eigenvalue weighted by molar-refractivity contribution is 7.91. The third-order valence-electron chi connectivity index (χ3n) is 3.61. The van der Waals surface area contributed by atoms with Gasteiger partial charge in [-0.25, -0.2) is 8.42 Å². The van der Waals surface area contributed by atoms with Crippen LogP contribution in [0.2, 0.25) is 5.02 Å². The maximum Gasteiger partial charge on any atom is 0.241 e. The Balaban J connectivity index is 1.99. The lowest BCUT2D eigenvalue weighted by Gasteiger charge is -2.26. The molecule has 1 aromatic rings. The number of hydrogen-bond acceptors (Lipinski definition) is 4. The van der Waals surface area contributed by atoms with E-state index in [4.69, 9.17) is 11.6 Å². The molecule has 116 valence electrons. The van der Waals surface area contributed by atoms with Gasteiger partial charge in [0, 0.05) is 17.3 Å². The zero-order valence-electron chi connectivity index (χ0n) is 11.9. The van der Waals surface area contributed by atoms with E-state index in [2.05, 4.69) is 5.32 Å². The van der Waals surface area contributed by atoms with E-state index in [0.29, 0.717) is 30.2 Å². The minimum Gasteiger partial charge on any atom is -0.325 e.